The summed E-state index contributed by atoms with van der Waals surface area (Å²) in [5.74, 6) is 1.21. The van der Waals surface area contributed by atoms with Crippen LogP contribution in [-0.4, -0.2) is 34.0 Å². The second-order valence-corrected chi connectivity index (χ2v) is 6.01. The molecule has 1 aliphatic carbocycles. The number of piperidine rings is 1. The number of aryl methyl sites for hydroxylation is 1. The zero-order valence-corrected chi connectivity index (χ0v) is 12.0. The second-order valence-electron chi connectivity index (χ2n) is 6.01. The molecule has 1 saturated heterocycles. The Morgan fingerprint density at radius 2 is 2.16 bits per heavy atom. The maximum absolute atomic E-state index is 5.79. The molecule has 2 heterocycles. The summed E-state index contributed by atoms with van der Waals surface area (Å²) in [4.78, 5) is 11.5. The van der Waals surface area contributed by atoms with E-state index in [1.54, 1.807) is 0 Å². The van der Waals surface area contributed by atoms with Gasteiger partial charge < -0.3 is 5.73 Å². The lowest BCUT2D eigenvalue weighted by atomic mass is 9.76. The number of anilines is 1. The molecule has 2 N–H and O–H groups in total. The van der Waals surface area contributed by atoms with Gasteiger partial charge in [-0.1, -0.05) is 6.92 Å². The summed E-state index contributed by atoms with van der Waals surface area (Å²) in [5, 5.41) is 0. The first-order valence-electron chi connectivity index (χ1n) is 7.55. The standard InChI is InChI=1S/C15H24N4/c1-3-6-19-7-4-5-11-8-13-12(9-14(11)19)10(2)17-15(16)18-13/h11,14H,3-9H2,1-2H3,(H2,16,17,18)/t11-,14-/m0/s1. The van der Waals surface area contributed by atoms with Crippen LogP contribution in [0.25, 0.3) is 0 Å². The van der Waals surface area contributed by atoms with Crippen molar-refractivity contribution in [2.24, 2.45) is 5.92 Å². The monoisotopic (exact) mass is 260 g/mol. The van der Waals surface area contributed by atoms with Gasteiger partial charge in [0.15, 0.2) is 0 Å². The van der Waals surface area contributed by atoms with Gasteiger partial charge in [-0.15, -0.1) is 0 Å². The van der Waals surface area contributed by atoms with Gasteiger partial charge in [-0.25, -0.2) is 9.97 Å². The zero-order chi connectivity index (χ0) is 13.4. The Kier molecular flexibility index (Phi) is 3.44. The van der Waals surface area contributed by atoms with Crippen LogP contribution in [0.4, 0.5) is 5.95 Å². The molecular weight excluding hydrogens is 236 g/mol. The van der Waals surface area contributed by atoms with E-state index in [9.17, 15) is 0 Å². The minimum Gasteiger partial charge on any atom is -0.368 e. The third-order valence-corrected chi connectivity index (χ3v) is 4.73. The predicted octanol–water partition coefficient (Wildman–Crippen LogP) is 1.96. The lowest BCUT2D eigenvalue weighted by Crippen LogP contribution is -2.49. The number of fused-ring (bicyclic) bond motifs is 2. The van der Waals surface area contributed by atoms with Crippen LogP contribution in [-0.2, 0) is 12.8 Å². The molecule has 0 spiro atoms. The van der Waals surface area contributed by atoms with Gasteiger partial charge in [-0.05, 0) is 63.6 Å². The maximum atomic E-state index is 5.79. The van der Waals surface area contributed by atoms with Gasteiger partial charge in [0, 0.05) is 17.4 Å². The third kappa shape index (κ3) is 2.34. The highest BCUT2D eigenvalue weighted by molar-refractivity contribution is 5.34. The highest BCUT2D eigenvalue weighted by Crippen LogP contribution is 2.35. The highest BCUT2D eigenvalue weighted by atomic mass is 15.2. The van der Waals surface area contributed by atoms with Crippen LogP contribution in [0.1, 0.15) is 43.1 Å². The topological polar surface area (TPSA) is 55.0 Å². The number of hydrogen-bond donors (Lipinski definition) is 1. The molecule has 0 unspecified atom stereocenters. The molecule has 19 heavy (non-hydrogen) atoms. The van der Waals surface area contributed by atoms with Crippen molar-refractivity contribution in [2.45, 2.75) is 52.0 Å². The molecule has 104 valence electrons. The summed E-state index contributed by atoms with van der Waals surface area (Å²) in [6, 6.07) is 0.701. The van der Waals surface area contributed by atoms with E-state index in [1.807, 2.05) is 0 Å². The minimum absolute atomic E-state index is 0.441. The Hall–Kier alpha value is -1.16. The van der Waals surface area contributed by atoms with Crippen LogP contribution in [0.3, 0.4) is 0 Å². The van der Waals surface area contributed by atoms with Crippen LogP contribution < -0.4 is 5.73 Å². The first kappa shape index (κ1) is 12.9. The lowest BCUT2D eigenvalue weighted by Gasteiger charge is -2.44. The quantitative estimate of drug-likeness (QED) is 0.883. The number of nitrogen functional groups attached to an aromatic ring is 1. The van der Waals surface area contributed by atoms with E-state index in [4.69, 9.17) is 5.73 Å². The fraction of sp³-hybridized carbons (Fsp3) is 0.733. The third-order valence-electron chi connectivity index (χ3n) is 4.73. The van der Waals surface area contributed by atoms with E-state index in [0.29, 0.717) is 12.0 Å². The number of nitrogens with two attached hydrogens (primary N) is 1. The van der Waals surface area contributed by atoms with Crippen molar-refractivity contribution in [3.63, 3.8) is 0 Å². The number of rotatable bonds is 2. The molecule has 0 saturated carbocycles. The molecule has 0 aromatic carbocycles. The van der Waals surface area contributed by atoms with E-state index in [2.05, 4.69) is 28.7 Å². The van der Waals surface area contributed by atoms with E-state index >= 15 is 0 Å². The van der Waals surface area contributed by atoms with Crippen molar-refractivity contribution < 1.29 is 0 Å². The van der Waals surface area contributed by atoms with Gasteiger partial charge in [0.05, 0.1) is 0 Å². The van der Waals surface area contributed by atoms with Crippen LogP contribution >= 0.6 is 0 Å². The summed E-state index contributed by atoms with van der Waals surface area (Å²) in [6.45, 7) is 6.84. The number of hydrogen-bond acceptors (Lipinski definition) is 4. The first-order valence-corrected chi connectivity index (χ1v) is 7.55. The largest absolute Gasteiger partial charge is 0.368 e. The Morgan fingerprint density at radius 3 is 2.95 bits per heavy atom. The summed E-state index contributed by atoms with van der Waals surface area (Å²) in [6.07, 6.45) is 6.12. The number of likely N-dealkylation sites (tertiary alicyclic amines) is 1. The molecule has 3 rings (SSSR count). The molecule has 0 radical (unpaired) electrons. The second kappa shape index (κ2) is 5.08. The number of nitrogens with zero attached hydrogens (tertiary/aromatic N) is 3. The van der Waals surface area contributed by atoms with Crippen molar-refractivity contribution >= 4 is 5.95 Å². The first-order chi connectivity index (χ1) is 9.19. The van der Waals surface area contributed by atoms with E-state index in [-0.39, 0.29) is 0 Å². The van der Waals surface area contributed by atoms with Crippen molar-refractivity contribution in [1.29, 1.82) is 0 Å². The maximum Gasteiger partial charge on any atom is 0.220 e. The van der Waals surface area contributed by atoms with Crippen LogP contribution in [0.5, 0.6) is 0 Å². The Balaban J connectivity index is 1.91. The number of aromatic nitrogens is 2. The van der Waals surface area contributed by atoms with Gasteiger partial charge in [0.25, 0.3) is 0 Å². The normalized spacial score (nSPS) is 26.8. The Bertz CT molecular complexity index is 469. The fourth-order valence-electron chi connectivity index (χ4n) is 3.88. The Labute approximate surface area is 115 Å². The summed E-state index contributed by atoms with van der Waals surface area (Å²) >= 11 is 0. The highest BCUT2D eigenvalue weighted by Gasteiger charge is 2.36. The van der Waals surface area contributed by atoms with Crippen molar-refractivity contribution in [3.05, 3.63) is 17.0 Å². The molecule has 4 nitrogen and oxygen atoms in total. The molecule has 1 aromatic heterocycles. The van der Waals surface area contributed by atoms with E-state index in [1.165, 1.54) is 43.6 Å². The SMILES string of the molecule is CCCN1CCC[C@H]2Cc3nc(N)nc(C)c3C[C@@H]21. The molecular formula is C15H24N4. The molecule has 4 heteroatoms. The molecule has 1 aliphatic heterocycles. The molecule has 1 fully saturated rings. The van der Waals surface area contributed by atoms with E-state index in [0.717, 1.165) is 24.5 Å². The smallest absolute Gasteiger partial charge is 0.220 e. The molecule has 2 aliphatic rings. The van der Waals surface area contributed by atoms with Gasteiger partial charge >= 0.3 is 0 Å². The summed E-state index contributed by atoms with van der Waals surface area (Å²) in [7, 11) is 0. The van der Waals surface area contributed by atoms with Crippen LogP contribution in [0.2, 0.25) is 0 Å². The van der Waals surface area contributed by atoms with Gasteiger partial charge in [-0.2, -0.15) is 0 Å². The fourth-order valence-corrected chi connectivity index (χ4v) is 3.88. The minimum atomic E-state index is 0.441. The predicted molar refractivity (Wildman–Crippen MR) is 77.0 cm³/mol. The average Bonchev–Trinajstić information content (AvgIpc) is 2.37. The summed E-state index contributed by atoms with van der Waals surface area (Å²) < 4.78 is 0. The van der Waals surface area contributed by atoms with Crippen LogP contribution in [0.15, 0.2) is 0 Å². The van der Waals surface area contributed by atoms with Gasteiger partial charge in [-0.3, -0.25) is 4.90 Å². The lowest BCUT2D eigenvalue weighted by molar-refractivity contribution is 0.0843. The van der Waals surface area contributed by atoms with Crippen molar-refractivity contribution in [1.82, 2.24) is 14.9 Å². The molecule has 0 amide bonds. The molecule has 2 atom stereocenters. The van der Waals surface area contributed by atoms with E-state index < -0.39 is 0 Å². The molecule has 0 bridgehead atoms. The molecule has 1 aromatic rings. The summed E-state index contributed by atoms with van der Waals surface area (Å²) in [5.41, 5.74) is 9.45. The average molecular weight is 260 g/mol. The van der Waals surface area contributed by atoms with Crippen LogP contribution in [0, 0.1) is 12.8 Å². The van der Waals surface area contributed by atoms with Gasteiger partial charge in [0.1, 0.15) is 0 Å². The van der Waals surface area contributed by atoms with Crippen molar-refractivity contribution in [2.75, 3.05) is 18.8 Å². The Morgan fingerprint density at radius 1 is 1.32 bits per heavy atom. The zero-order valence-electron chi connectivity index (χ0n) is 12.0. The van der Waals surface area contributed by atoms with Crippen molar-refractivity contribution in [3.8, 4) is 0 Å². The van der Waals surface area contributed by atoms with Gasteiger partial charge in [0.2, 0.25) is 5.95 Å².